The Labute approximate surface area is 142 Å². The largest absolute Gasteiger partial charge is 0.350 e. The van der Waals surface area contributed by atoms with Gasteiger partial charge in [-0.1, -0.05) is 24.3 Å². The SMILES string of the molecule is O=C(C[C@@H]1CCc2ccccc21)NCc1cc2n(n1)CCCNC2. The van der Waals surface area contributed by atoms with Crippen molar-refractivity contribution in [2.24, 2.45) is 0 Å². The summed E-state index contributed by atoms with van der Waals surface area (Å²) >= 11 is 0. The Morgan fingerprint density at radius 2 is 2.29 bits per heavy atom. The van der Waals surface area contributed by atoms with E-state index in [1.165, 1.54) is 16.8 Å². The number of aryl methyl sites for hydroxylation is 2. The van der Waals surface area contributed by atoms with E-state index in [-0.39, 0.29) is 5.91 Å². The molecule has 24 heavy (non-hydrogen) atoms. The molecule has 0 saturated carbocycles. The third-order valence-corrected chi connectivity index (χ3v) is 5.10. The topological polar surface area (TPSA) is 59.0 Å². The average Bonchev–Trinajstić information content (AvgIpc) is 3.11. The summed E-state index contributed by atoms with van der Waals surface area (Å²) in [6, 6.07) is 10.6. The molecule has 1 amide bonds. The predicted octanol–water partition coefficient (Wildman–Crippen LogP) is 2.11. The minimum Gasteiger partial charge on any atom is -0.350 e. The molecular weight excluding hydrogens is 300 g/mol. The van der Waals surface area contributed by atoms with E-state index in [0.717, 1.165) is 44.6 Å². The van der Waals surface area contributed by atoms with Gasteiger partial charge in [0.2, 0.25) is 5.91 Å². The summed E-state index contributed by atoms with van der Waals surface area (Å²) in [5.41, 5.74) is 4.92. The van der Waals surface area contributed by atoms with E-state index in [1.54, 1.807) is 0 Å². The van der Waals surface area contributed by atoms with Crippen LogP contribution in [0.4, 0.5) is 0 Å². The summed E-state index contributed by atoms with van der Waals surface area (Å²) in [6.45, 7) is 3.38. The molecule has 2 N–H and O–H groups in total. The van der Waals surface area contributed by atoms with Gasteiger partial charge in [-0.05, 0) is 48.9 Å². The van der Waals surface area contributed by atoms with Gasteiger partial charge in [0.05, 0.1) is 17.9 Å². The van der Waals surface area contributed by atoms with Crippen molar-refractivity contribution < 1.29 is 4.79 Å². The molecule has 0 saturated heterocycles. The summed E-state index contributed by atoms with van der Waals surface area (Å²) in [4.78, 5) is 12.3. The molecule has 0 unspecified atom stereocenters. The monoisotopic (exact) mass is 324 g/mol. The van der Waals surface area contributed by atoms with Gasteiger partial charge in [-0.3, -0.25) is 9.48 Å². The second-order valence-corrected chi connectivity index (χ2v) is 6.80. The maximum absolute atomic E-state index is 12.3. The first-order chi connectivity index (χ1) is 11.8. The molecule has 126 valence electrons. The van der Waals surface area contributed by atoms with Crippen molar-refractivity contribution in [3.63, 3.8) is 0 Å². The fourth-order valence-corrected chi connectivity index (χ4v) is 3.85. The molecule has 1 aliphatic carbocycles. The lowest BCUT2D eigenvalue weighted by Crippen LogP contribution is -2.24. The van der Waals surface area contributed by atoms with Gasteiger partial charge in [-0.15, -0.1) is 0 Å². The second-order valence-electron chi connectivity index (χ2n) is 6.80. The van der Waals surface area contributed by atoms with E-state index in [1.807, 2.05) is 0 Å². The van der Waals surface area contributed by atoms with Crippen LogP contribution >= 0.6 is 0 Å². The number of rotatable bonds is 4. The molecule has 0 radical (unpaired) electrons. The molecule has 4 rings (SSSR count). The van der Waals surface area contributed by atoms with Gasteiger partial charge in [0, 0.05) is 19.5 Å². The number of nitrogens with zero attached hydrogens (tertiary/aromatic N) is 2. The van der Waals surface area contributed by atoms with Gasteiger partial charge in [0.15, 0.2) is 0 Å². The third-order valence-electron chi connectivity index (χ3n) is 5.10. The highest BCUT2D eigenvalue weighted by atomic mass is 16.1. The number of amides is 1. The molecule has 0 spiro atoms. The third kappa shape index (κ3) is 3.22. The van der Waals surface area contributed by atoms with Crippen LogP contribution in [0.1, 0.15) is 47.7 Å². The van der Waals surface area contributed by atoms with Gasteiger partial charge < -0.3 is 10.6 Å². The minimum atomic E-state index is 0.123. The van der Waals surface area contributed by atoms with Crippen molar-refractivity contribution in [2.75, 3.05) is 6.54 Å². The molecular formula is C19H24N4O. The van der Waals surface area contributed by atoms with Crippen LogP contribution in [0.25, 0.3) is 0 Å². The van der Waals surface area contributed by atoms with Gasteiger partial charge >= 0.3 is 0 Å². The number of hydrogen-bond acceptors (Lipinski definition) is 3. The van der Waals surface area contributed by atoms with Crippen molar-refractivity contribution in [1.82, 2.24) is 20.4 Å². The summed E-state index contributed by atoms with van der Waals surface area (Å²) in [5, 5.41) is 11.0. The maximum atomic E-state index is 12.3. The molecule has 0 fully saturated rings. The van der Waals surface area contributed by atoms with Crippen LogP contribution in [0.2, 0.25) is 0 Å². The summed E-state index contributed by atoms with van der Waals surface area (Å²) in [6.07, 6.45) is 3.85. The highest BCUT2D eigenvalue weighted by Crippen LogP contribution is 2.35. The van der Waals surface area contributed by atoms with Crippen LogP contribution in [-0.4, -0.2) is 22.2 Å². The second kappa shape index (κ2) is 6.77. The molecule has 1 atom stereocenters. The highest BCUT2D eigenvalue weighted by Gasteiger charge is 2.24. The van der Waals surface area contributed by atoms with Crippen LogP contribution < -0.4 is 10.6 Å². The Morgan fingerprint density at radius 3 is 3.25 bits per heavy atom. The Morgan fingerprint density at radius 1 is 1.38 bits per heavy atom. The van der Waals surface area contributed by atoms with Gasteiger partial charge in [-0.25, -0.2) is 0 Å². The van der Waals surface area contributed by atoms with Crippen molar-refractivity contribution >= 4 is 5.91 Å². The number of hydrogen-bond donors (Lipinski definition) is 2. The van der Waals surface area contributed by atoms with Crippen molar-refractivity contribution in [3.8, 4) is 0 Å². The number of aromatic nitrogens is 2. The number of carbonyl (C=O) groups is 1. The molecule has 2 heterocycles. The number of benzene rings is 1. The number of fused-ring (bicyclic) bond motifs is 2. The van der Waals surface area contributed by atoms with Crippen LogP contribution in [-0.2, 0) is 30.8 Å². The lowest BCUT2D eigenvalue weighted by molar-refractivity contribution is -0.121. The molecule has 2 aromatic rings. The van der Waals surface area contributed by atoms with Crippen LogP contribution in [0, 0.1) is 0 Å². The van der Waals surface area contributed by atoms with Crippen molar-refractivity contribution in [2.45, 2.75) is 51.2 Å². The Kier molecular flexibility index (Phi) is 4.34. The van der Waals surface area contributed by atoms with E-state index in [9.17, 15) is 4.79 Å². The van der Waals surface area contributed by atoms with Crippen molar-refractivity contribution in [1.29, 1.82) is 0 Å². The van der Waals surface area contributed by atoms with Gasteiger partial charge in [-0.2, -0.15) is 5.10 Å². The van der Waals surface area contributed by atoms with E-state index >= 15 is 0 Å². The quantitative estimate of drug-likeness (QED) is 0.906. The molecule has 1 aromatic carbocycles. The molecule has 1 aromatic heterocycles. The minimum absolute atomic E-state index is 0.123. The first kappa shape index (κ1) is 15.4. The predicted molar refractivity (Wildman–Crippen MR) is 92.5 cm³/mol. The maximum Gasteiger partial charge on any atom is 0.220 e. The average molecular weight is 324 g/mol. The van der Waals surface area contributed by atoms with Crippen molar-refractivity contribution in [3.05, 3.63) is 52.8 Å². The van der Waals surface area contributed by atoms with E-state index in [0.29, 0.717) is 18.9 Å². The molecule has 5 nitrogen and oxygen atoms in total. The van der Waals surface area contributed by atoms with E-state index in [4.69, 9.17) is 0 Å². The summed E-state index contributed by atoms with van der Waals surface area (Å²) < 4.78 is 2.06. The highest BCUT2D eigenvalue weighted by molar-refractivity contribution is 5.77. The van der Waals surface area contributed by atoms with Crippen LogP contribution in [0.15, 0.2) is 30.3 Å². The number of carbonyl (C=O) groups excluding carboxylic acids is 1. The van der Waals surface area contributed by atoms with E-state index in [2.05, 4.69) is 50.7 Å². The van der Waals surface area contributed by atoms with Crippen LogP contribution in [0.3, 0.4) is 0 Å². The van der Waals surface area contributed by atoms with Gasteiger partial charge in [0.25, 0.3) is 0 Å². The lowest BCUT2D eigenvalue weighted by atomic mass is 9.97. The van der Waals surface area contributed by atoms with E-state index < -0.39 is 0 Å². The zero-order valence-corrected chi connectivity index (χ0v) is 13.9. The first-order valence-electron chi connectivity index (χ1n) is 8.90. The fraction of sp³-hybridized carbons (Fsp3) is 0.474. The smallest absolute Gasteiger partial charge is 0.220 e. The molecule has 1 aliphatic heterocycles. The Bertz CT molecular complexity index is 713. The summed E-state index contributed by atoms with van der Waals surface area (Å²) in [5.74, 6) is 0.488. The van der Waals surface area contributed by atoms with Gasteiger partial charge in [0.1, 0.15) is 0 Å². The zero-order valence-electron chi connectivity index (χ0n) is 13.9. The zero-order chi connectivity index (χ0) is 16.4. The lowest BCUT2D eigenvalue weighted by Gasteiger charge is -2.11. The molecule has 0 bridgehead atoms. The Hall–Kier alpha value is -2.14. The summed E-state index contributed by atoms with van der Waals surface area (Å²) in [7, 11) is 0. The first-order valence-corrected chi connectivity index (χ1v) is 8.90. The normalized spacial score (nSPS) is 19.4. The standard InChI is InChI=1S/C19H24N4O/c24-19(10-15-7-6-14-4-1-2-5-18(14)15)21-12-16-11-17-13-20-8-3-9-23(17)22-16/h1-2,4-5,11,15,20H,3,6-10,12-13H2,(H,21,24)/t15-/m0/s1. The van der Waals surface area contributed by atoms with Crippen LogP contribution in [0.5, 0.6) is 0 Å². The molecule has 2 aliphatic rings. The fourth-order valence-electron chi connectivity index (χ4n) is 3.85. The number of nitrogens with one attached hydrogen (secondary N) is 2. The molecule has 5 heteroatoms. The Balaban J connectivity index is 1.33.